The normalized spacial score (nSPS) is 26.6. The molecule has 1 aliphatic carbocycles. The molecule has 0 amide bonds. The van der Waals surface area contributed by atoms with Gasteiger partial charge in [0, 0.05) is 17.1 Å². The number of carbonyl (C=O) groups excluding carboxylic acids is 1. The topological polar surface area (TPSA) is 50.2 Å². The fraction of sp³-hybridized carbons (Fsp3) is 0.412. The van der Waals surface area contributed by atoms with E-state index in [4.69, 9.17) is 0 Å². The second-order valence-corrected chi connectivity index (χ2v) is 5.92. The van der Waals surface area contributed by atoms with Crippen LogP contribution in [-0.2, 0) is 0 Å². The van der Waals surface area contributed by atoms with Crippen molar-refractivity contribution in [1.82, 2.24) is 4.98 Å². The Morgan fingerprint density at radius 3 is 2.75 bits per heavy atom. The van der Waals surface area contributed by atoms with Crippen molar-refractivity contribution in [1.29, 1.82) is 0 Å². The Bertz CT molecular complexity index is 637. The Morgan fingerprint density at radius 1 is 1.25 bits per heavy atom. The van der Waals surface area contributed by atoms with Gasteiger partial charge in [0.25, 0.3) is 0 Å². The molecule has 2 aromatic rings. The Kier molecular flexibility index (Phi) is 3.30. The van der Waals surface area contributed by atoms with Crippen molar-refractivity contribution in [3.8, 4) is 0 Å². The van der Waals surface area contributed by atoms with Gasteiger partial charge >= 0.3 is 0 Å². The van der Waals surface area contributed by atoms with Crippen molar-refractivity contribution in [2.75, 3.05) is 0 Å². The molecule has 0 bridgehead atoms. The second kappa shape index (κ2) is 4.98. The van der Waals surface area contributed by atoms with E-state index in [0.717, 1.165) is 23.7 Å². The number of hydrogen-bond acceptors (Lipinski definition) is 3. The van der Waals surface area contributed by atoms with Crippen LogP contribution in [0.25, 0.3) is 10.9 Å². The molecule has 1 fully saturated rings. The van der Waals surface area contributed by atoms with E-state index >= 15 is 0 Å². The monoisotopic (exact) mass is 269 g/mol. The Morgan fingerprint density at radius 2 is 2.00 bits per heavy atom. The zero-order valence-electron chi connectivity index (χ0n) is 11.7. The van der Waals surface area contributed by atoms with Crippen LogP contribution in [0.2, 0.25) is 0 Å². The van der Waals surface area contributed by atoms with Gasteiger partial charge < -0.3 is 5.11 Å². The lowest BCUT2D eigenvalue weighted by Gasteiger charge is -2.33. The standard InChI is InChI=1S/C17H19NO2/c1-12-7-9-17(20,10-8-12)16(19)14-4-2-6-15-13(14)5-3-11-18-15/h2-6,11-12,20H,7-10H2,1H3. The molecule has 1 N–H and O–H groups in total. The first-order valence-electron chi connectivity index (χ1n) is 7.21. The molecule has 104 valence electrons. The van der Waals surface area contributed by atoms with Crippen molar-refractivity contribution in [3.05, 3.63) is 42.1 Å². The van der Waals surface area contributed by atoms with E-state index in [1.165, 1.54) is 0 Å². The minimum absolute atomic E-state index is 0.150. The van der Waals surface area contributed by atoms with Crippen molar-refractivity contribution in [3.63, 3.8) is 0 Å². The van der Waals surface area contributed by atoms with Gasteiger partial charge in [-0.2, -0.15) is 0 Å². The summed E-state index contributed by atoms with van der Waals surface area (Å²) >= 11 is 0. The molecule has 1 aromatic heterocycles. The van der Waals surface area contributed by atoms with E-state index in [9.17, 15) is 9.90 Å². The van der Waals surface area contributed by atoms with Gasteiger partial charge in [-0.15, -0.1) is 0 Å². The van der Waals surface area contributed by atoms with Crippen LogP contribution in [-0.4, -0.2) is 21.5 Å². The van der Waals surface area contributed by atoms with Crippen molar-refractivity contribution >= 4 is 16.7 Å². The third kappa shape index (κ3) is 2.22. The number of nitrogens with zero attached hydrogens (tertiary/aromatic N) is 1. The van der Waals surface area contributed by atoms with Crippen LogP contribution >= 0.6 is 0 Å². The molecule has 1 heterocycles. The van der Waals surface area contributed by atoms with E-state index < -0.39 is 5.60 Å². The molecular weight excluding hydrogens is 250 g/mol. The van der Waals surface area contributed by atoms with E-state index in [-0.39, 0.29) is 5.78 Å². The van der Waals surface area contributed by atoms with Crippen molar-refractivity contribution in [2.24, 2.45) is 5.92 Å². The summed E-state index contributed by atoms with van der Waals surface area (Å²) in [6.07, 6.45) is 4.65. The molecule has 20 heavy (non-hydrogen) atoms. The first kappa shape index (κ1) is 13.3. The number of ketones is 1. The zero-order chi connectivity index (χ0) is 14.2. The maximum Gasteiger partial charge on any atom is 0.195 e. The summed E-state index contributed by atoms with van der Waals surface area (Å²) in [6.45, 7) is 2.17. The molecule has 0 radical (unpaired) electrons. The number of Topliss-reactive ketones (excluding diaryl/α,β-unsaturated/α-hetero) is 1. The first-order valence-corrected chi connectivity index (χ1v) is 7.21. The number of fused-ring (bicyclic) bond motifs is 1. The van der Waals surface area contributed by atoms with Crippen LogP contribution in [0, 0.1) is 5.92 Å². The summed E-state index contributed by atoms with van der Waals surface area (Å²) in [5, 5.41) is 11.5. The van der Waals surface area contributed by atoms with Gasteiger partial charge in [-0.3, -0.25) is 9.78 Å². The van der Waals surface area contributed by atoms with E-state index in [1.807, 2.05) is 24.3 Å². The molecule has 3 nitrogen and oxygen atoms in total. The Labute approximate surface area is 118 Å². The van der Waals surface area contributed by atoms with E-state index in [2.05, 4.69) is 11.9 Å². The fourth-order valence-corrected chi connectivity index (χ4v) is 3.02. The highest BCUT2D eigenvalue weighted by atomic mass is 16.3. The summed E-state index contributed by atoms with van der Waals surface area (Å²) in [4.78, 5) is 17.0. The summed E-state index contributed by atoms with van der Waals surface area (Å²) in [6, 6.07) is 9.23. The predicted octanol–water partition coefficient (Wildman–Crippen LogP) is 3.36. The molecular formula is C17H19NO2. The SMILES string of the molecule is CC1CCC(O)(C(=O)c2cccc3ncccc23)CC1. The van der Waals surface area contributed by atoms with Crippen LogP contribution in [0.15, 0.2) is 36.5 Å². The third-order valence-corrected chi connectivity index (χ3v) is 4.41. The molecule has 0 unspecified atom stereocenters. The summed E-state index contributed by atoms with van der Waals surface area (Å²) in [5.74, 6) is 0.445. The van der Waals surface area contributed by atoms with Gasteiger partial charge in [0.15, 0.2) is 5.78 Å². The third-order valence-electron chi connectivity index (χ3n) is 4.41. The number of carbonyl (C=O) groups is 1. The fourth-order valence-electron chi connectivity index (χ4n) is 3.02. The second-order valence-electron chi connectivity index (χ2n) is 5.92. The molecule has 1 aliphatic rings. The van der Waals surface area contributed by atoms with Crippen molar-refractivity contribution in [2.45, 2.75) is 38.2 Å². The highest BCUT2D eigenvalue weighted by molar-refractivity contribution is 6.11. The molecule has 3 heteroatoms. The first-order chi connectivity index (χ1) is 9.60. The van der Waals surface area contributed by atoms with Gasteiger partial charge in [-0.25, -0.2) is 0 Å². The summed E-state index contributed by atoms with van der Waals surface area (Å²) in [7, 11) is 0. The number of hydrogen-bond donors (Lipinski definition) is 1. The molecule has 0 aliphatic heterocycles. The van der Waals surface area contributed by atoms with Gasteiger partial charge in [-0.05, 0) is 43.7 Å². The number of aliphatic hydroxyl groups is 1. The van der Waals surface area contributed by atoms with Crippen LogP contribution in [0.5, 0.6) is 0 Å². The quantitative estimate of drug-likeness (QED) is 0.850. The van der Waals surface area contributed by atoms with Crippen LogP contribution in [0.3, 0.4) is 0 Å². The average molecular weight is 269 g/mol. The Hall–Kier alpha value is -1.74. The lowest BCUT2D eigenvalue weighted by molar-refractivity contribution is 0.00441. The summed E-state index contributed by atoms with van der Waals surface area (Å²) in [5.41, 5.74) is 0.190. The minimum Gasteiger partial charge on any atom is -0.382 e. The van der Waals surface area contributed by atoms with Crippen molar-refractivity contribution < 1.29 is 9.90 Å². The van der Waals surface area contributed by atoms with Gasteiger partial charge in [0.1, 0.15) is 5.60 Å². The van der Waals surface area contributed by atoms with E-state index in [1.54, 1.807) is 12.3 Å². The molecule has 0 saturated heterocycles. The van der Waals surface area contributed by atoms with Gasteiger partial charge in [0.05, 0.1) is 5.52 Å². The average Bonchev–Trinajstić information content (AvgIpc) is 2.49. The van der Waals surface area contributed by atoms with Gasteiger partial charge in [0.2, 0.25) is 0 Å². The molecule has 3 rings (SSSR count). The maximum atomic E-state index is 12.8. The summed E-state index contributed by atoms with van der Waals surface area (Å²) < 4.78 is 0. The number of rotatable bonds is 2. The van der Waals surface area contributed by atoms with Crippen LogP contribution < -0.4 is 0 Å². The maximum absolute atomic E-state index is 12.8. The minimum atomic E-state index is -1.20. The molecule has 0 atom stereocenters. The number of pyridine rings is 1. The largest absolute Gasteiger partial charge is 0.382 e. The number of aromatic nitrogens is 1. The number of benzene rings is 1. The molecule has 1 aromatic carbocycles. The predicted molar refractivity (Wildman–Crippen MR) is 78.7 cm³/mol. The van der Waals surface area contributed by atoms with Gasteiger partial charge in [-0.1, -0.05) is 25.1 Å². The van der Waals surface area contributed by atoms with E-state index in [0.29, 0.717) is 24.3 Å². The van der Waals surface area contributed by atoms with Crippen LogP contribution in [0.1, 0.15) is 43.0 Å². The Balaban J connectivity index is 2.01. The lowest BCUT2D eigenvalue weighted by atomic mass is 9.75. The highest BCUT2D eigenvalue weighted by Gasteiger charge is 2.39. The lowest BCUT2D eigenvalue weighted by Crippen LogP contribution is -2.42. The zero-order valence-corrected chi connectivity index (χ0v) is 11.7. The highest BCUT2D eigenvalue weighted by Crippen LogP contribution is 2.35. The smallest absolute Gasteiger partial charge is 0.195 e. The molecule has 1 saturated carbocycles. The molecule has 0 spiro atoms. The van der Waals surface area contributed by atoms with Crippen LogP contribution in [0.4, 0.5) is 0 Å².